The fourth-order valence-corrected chi connectivity index (χ4v) is 5.68. The van der Waals surface area contributed by atoms with Crippen molar-refractivity contribution < 1.29 is 9.50 Å². The van der Waals surface area contributed by atoms with Crippen LogP contribution >= 0.6 is 23.6 Å². The van der Waals surface area contributed by atoms with Gasteiger partial charge in [-0.3, -0.25) is 0 Å². The number of hydrogen-bond donors (Lipinski definition) is 1. The van der Waals surface area contributed by atoms with Crippen molar-refractivity contribution in [1.29, 1.82) is 0 Å². The minimum absolute atomic E-state index is 0.395. The van der Waals surface area contributed by atoms with E-state index < -0.39 is 5.60 Å². The number of thiazole rings is 1. The van der Waals surface area contributed by atoms with E-state index in [1.54, 1.807) is 11.3 Å². The molecule has 3 saturated heterocycles. The Labute approximate surface area is 153 Å². The Morgan fingerprint density at radius 3 is 2.83 bits per heavy atom. The second-order valence-corrected chi connectivity index (χ2v) is 9.19. The van der Waals surface area contributed by atoms with Crippen LogP contribution in [0.2, 0.25) is 0 Å². The molecule has 3 nitrogen and oxygen atoms in total. The summed E-state index contributed by atoms with van der Waals surface area (Å²) in [6.45, 7) is 2.69. The van der Waals surface area contributed by atoms with Crippen LogP contribution in [0.3, 0.4) is 0 Å². The van der Waals surface area contributed by atoms with Crippen LogP contribution in [0.1, 0.15) is 30.7 Å². The fraction of sp³-hybridized carbons (Fsp3) is 0.556. The molecule has 2 aromatic rings. The minimum atomic E-state index is -0.636. The van der Waals surface area contributed by atoms with E-state index in [9.17, 15) is 5.11 Å². The average Bonchev–Trinajstić information content (AvgIpc) is 2.95. The molecule has 0 saturated carbocycles. The molecule has 2 bridgehead atoms. The molecular formula is C18H22BN2OS2+. The number of rotatable bonds is 5. The standard InChI is InChI=1S/C18H22BN2OS2/c19-21-9-6-13(7-10-21)18(22,12-21)8-5-14(23)11-17-20-15-3-1-2-4-16(15)24-17/h1-4,13,22H,5-12H2/q+1. The topological polar surface area (TPSA) is 33.1 Å². The molecule has 3 aliphatic heterocycles. The summed E-state index contributed by atoms with van der Waals surface area (Å²) < 4.78 is 1.75. The second kappa shape index (κ2) is 6.17. The van der Waals surface area contributed by atoms with Crippen molar-refractivity contribution in [3.05, 3.63) is 29.3 Å². The van der Waals surface area contributed by atoms with Crippen molar-refractivity contribution in [2.75, 3.05) is 19.6 Å². The molecule has 124 valence electrons. The molecule has 0 spiro atoms. The normalized spacial score (nSPS) is 32.3. The number of quaternary nitrogens is 1. The first-order valence-corrected chi connectivity index (χ1v) is 9.92. The average molecular weight is 357 g/mol. The van der Waals surface area contributed by atoms with E-state index in [0.29, 0.717) is 16.9 Å². The molecule has 3 fully saturated rings. The van der Waals surface area contributed by atoms with Crippen molar-refractivity contribution in [2.24, 2.45) is 5.92 Å². The van der Waals surface area contributed by atoms with Crippen LogP contribution in [0.15, 0.2) is 24.3 Å². The first-order chi connectivity index (χ1) is 11.5. The number of para-hydroxylation sites is 1. The fourth-order valence-electron chi connectivity index (χ4n) is 4.34. The maximum absolute atomic E-state index is 11.1. The largest absolute Gasteiger partial charge is 0.481 e. The van der Waals surface area contributed by atoms with Crippen LogP contribution in [0, 0.1) is 5.92 Å². The van der Waals surface area contributed by atoms with Crippen LogP contribution in [-0.4, -0.2) is 52.6 Å². The summed E-state index contributed by atoms with van der Waals surface area (Å²) >= 11 is 7.31. The highest BCUT2D eigenvalue weighted by Crippen LogP contribution is 2.41. The van der Waals surface area contributed by atoms with E-state index in [0.717, 1.165) is 60.6 Å². The lowest BCUT2D eigenvalue weighted by Crippen LogP contribution is -2.68. The molecule has 24 heavy (non-hydrogen) atoms. The Hall–Kier alpha value is -0.815. The van der Waals surface area contributed by atoms with Gasteiger partial charge in [0.1, 0.15) is 5.60 Å². The Morgan fingerprint density at radius 1 is 1.38 bits per heavy atom. The van der Waals surface area contributed by atoms with E-state index in [2.05, 4.69) is 11.1 Å². The zero-order valence-electron chi connectivity index (χ0n) is 13.8. The highest BCUT2D eigenvalue weighted by Gasteiger charge is 2.51. The van der Waals surface area contributed by atoms with E-state index in [1.807, 2.05) is 18.2 Å². The Kier molecular flexibility index (Phi) is 4.28. The molecule has 2 radical (unpaired) electrons. The van der Waals surface area contributed by atoms with Crippen molar-refractivity contribution in [2.45, 2.75) is 37.7 Å². The van der Waals surface area contributed by atoms with Gasteiger partial charge in [0.05, 0.1) is 34.9 Å². The lowest BCUT2D eigenvalue weighted by molar-refractivity contribution is -0.846. The predicted octanol–water partition coefficient (Wildman–Crippen LogP) is 3.04. The summed E-state index contributed by atoms with van der Waals surface area (Å²) in [5, 5.41) is 12.2. The highest BCUT2D eigenvalue weighted by atomic mass is 32.1. The molecule has 6 heteroatoms. The number of aromatic nitrogens is 1. The Bertz CT molecular complexity index is 736. The molecule has 1 aromatic heterocycles. The number of fused-ring (bicyclic) bond motifs is 4. The van der Waals surface area contributed by atoms with Gasteiger partial charge in [-0.25, -0.2) is 4.98 Å². The first kappa shape index (κ1) is 16.6. The third-order valence-electron chi connectivity index (χ3n) is 5.72. The molecule has 0 aliphatic carbocycles. The van der Waals surface area contributed by atoms with Crippen LogP contribution < -0.4 is 0 Å². The van der Waals surface area contributed by atoms with Gasteiger partial charge in [0.2, 0.25) is 0 Å². The quantitative estimate of drug-likeness (QED) is 0.660. The van der Waals surface area contributed by atoms with Gasteiger partial charge in [-0.05, 0) is 29.8 Å². The zero-order valence-corrected chi connectivity index (χ0v) is 15.4. The Balaban J connectivity index is 1.38. The number of thiocarbonyl (C=S) groups is 1. The van der Waals surface area contributed by atoms with Gasteiger partial charge in [0.15, 0.2) is 0 Å². The van der Waals surface area contributed by atoms with E-state index in [4.69, 9.17) is 20.2 Å². The second-order valence-electron chi connectivity index (χ2n) is 7.49. The minimum Gasteiger partial charge on any atom is -0.394 e. The number of nitrogens with zero attached hydrogens (tertiary/aromatic N) is 2. The monoisotopic (exact) mass is 357 g/mol. The zero-order chi connectivity index (χ0) is 16.8. The number of benzene rings is 1. The van der Waals surface area contributed by atoms with Crippen LogP contribution in [0.25, 0.3) is 10.2 Å². The summed E-state index contributed by atoms with van der Waals surface area (Å²) in [5.41, 5.74) is 0.411. The van der Waals surface area contributed by atoms with Crippen molar-refractivity contribution in [3.63, 3.8) is 0 Å². The lowest BCUT2D eigenvalue weighted by atomic mass is 9.69. The summed E-state index contributed by atoms with van der Waals surface area (Å²) in [4.78, 5) is 5.65. The maximum Gasteiger partial charge on any atom is 0.481 e. The summed E-state index contributed by atoms with van der Waals surface area (Å²) in [6.07, 6.45) is 4.32. The molecule has 1 unspecified atom stereocenters. The Morgan fingerprint density at radius 2 is 2.12 bits per heavy atom. The molecule has 5 rings (SSSR count). The van der Waals surface area contributed by atoms with Gasteiger partial charge in [-0.2, -0.15) is 0 Å². The number of piperidine rings is 3. The third-order valence-corrected chi connectivity index (χ3v) is 7.10. The smallest absolute Gasteiger partial charge is 0.394 e. The molecule has 1 N–H and O–H groups in total. The molecule has 1 atom stereocenters. The maximum atomic E-state index is 11.1. The molecule has 0 amide bonds. The van der Waals surface area contributed by atoms with Gasteiger partial charge >= 0.3 is 7.98 Å². The van der Waals surface area contributed by atoms with E-state index >= 15 is 0 Å². The van der Waals surface area contributed by atoms with Crippen LogP contribution in [0.4, 0.5) is 0 Å². The molecule has 4 heterocycles. The highest BCUT2D eigenvalue weighted by molar-refractivity contribution is 7.80. The van der Waals surface area contributed by atoms with Gasteiger partial charge in [0, 0.05) is 25.2 Å². The van der Waals surface area contributed by atoms with Crippen LogP contribution in [-0.2, 0) is 6.42 Å². The lowest BCUT2D eigenvalue weighted by Gasteiger charge is -2.55. The SMILES string of the molecule is [B][N+]12CCC(CC1)C(O)(CCC(=S)Cc1nc3ccccc3s1)C2. The van der Waals surface area contributed by atoms with Gasteiger partial charge in [0.25, 0.3) is 0 Å². The van der Waals surface area contributed by atoms with Crippen molar-refractivity contribution in [1.82, 2.24) is 4.98 Å². The summed E-state index contributed by atoms with van der Waals surface area (Å²) in [7, 11) is 6.38. The van der Waals surface area contributed by atoms with E-state index in [-0.39, 0.29) is 0 Å². The summed E-state index contributed by atoms with van der Waals surface area (Å²) in [6, 6.07) is 8.19. The van der Waals surface area contributed by atoms with Crippen molar-refractivity contribution >= 4 is 46.6 Å². The summed E-state index contributed by atoms with van der Waals surface area (Å²) in [5.74, 6) is 0.395. The van der Waals surface area contributed by atoms with Crippen LogP contribution in [0.5, 0.6) is 0 Å². The van der Waals surface area contributed by atoms with Gasteiger partial charge in [-0.15, -0.1) is 11.3 Å². The third kappa shape index (κ3) is 3.17. The number of hydrogen-bond acceptors (Lipinski definition) is 4. The van der Waals surface area contributed by atoms with Gasteiger partial charge < -0.3 is 9.50 Å². The van der Waals surface area contributed by atoms with Crippen molar-refractivity contribution in [3.8, 4) is 0 Å². The molecule has 1 aromatic carbocycles. The predicted molar refractivity (Wildman–Crippen MR) is 103 cm³/mol. The molecule has 3 aliphatic rings. The molecular weight excluding hydrogens is 335 g/mol. The number of aliphatic hydroxyl groups is 1. The van der Waals surface area contributed by atoms with E-state index in [1.165, 1.54) is 4.70 Å². The first-order valence-electron chi connectivity index (χ1n) is 8.69. The van der Waals surface area contributed by atoms with Gasteiger partial charge in [-0.1, -0.05) is 24.4 Å².